The second kappa shape index (κ2) is 7.17. The molecule has 0 radical (unpaired) electrons. The Kier molecular flexibility index (Phi) is 5.46. The normalized spacial score (nSPS) is 19.1. The highest BCUT2D eigenvalue weighted by atomic mass is 16.6. The Labute approximate surface area is 138 Å². The SMILES string of the molecule is CC(C)NC1CN(C(=O)OC(C)(C)C)CCN1c1ccccn1. The van der Waals surface area contributed by atoms with Gasteiger partial charge < -0.3 is 14.5 Å². The van der Waals surface area contributed by atoms with Crippen LogP contribution in [0.4, 0.5) is 10.6 Å². The first kappa shape index (κ1) is 17.5. The predicted octanol–water partition coefficient (Wildman–Crippen LogP) is 2.46. The molecule has 1 aromatic rings. The smallest absolute Gasteiger partial charge is 0.410 e. The largest absolute Gasteiger partial charge is 0.444 e. The van der Waals surface area contributed by atoms with Crippen molar-refractivity contribution in [3.05, 3.63) is 24.4 Å². The summed E-state index contributed by atoms with van der Waals surface area (Å²) in [5.41, 5.74) is -0.476. The number of anilines is 1. The highest BCUT2D eigenvalue weighted by molar-refractivity contribution is 5.68. The van der Waals surface area contributed by atoms with Crippen LogP contribution in [0.15, 0.2) is 24.4 Å². The number of hydrogen-bond acceptors (Lipinski definition) is 5. The van der Waals surface area contributed by atoms with Gasteiger partial charge >= 0.3 is 6.09 Å². The molecule has 0 aliphatic carbocycles. The van der Waals surface area contributed by atoms with Crippen molar-refractivity contribution in [1.29, 1.82) is 0 Å². The van der Waals surface area contributed by atoms with Gasteiger partial charge in [-0.05, 0) is 46.8 Å². The maximum absolute atomic E-state index is 12.3. The third-order valence-corrected chi connectivity index (χ3v) is 3.50. The van der Waals surface area contributed by atoms with Gasteiger partial charge in [0.25, 0.3) is 0 Å². The molecule has 1 aromatic heterocycles. The summed E-state index contributed by atoms with van der Waals surface area (Å²) < 4.78 is 5.50. The molecule has 1 fully saturated rings. The quantitative estimate of drug-likeness (QED) is 0.927. The van der Waals surface area contributed by atoms with Crippen LogP contribution in [0.1, 0.15) is 34.6 Å². The fourth-order valence-electron chi connectivity index (χ4n) is 2.60. The standard InChI is InChI=1S/C17H28N4O2/c1-13(2)19-15-12-20(16(22)23-17(3,4)5)10-11-21(15)14-8-6-7-9-18-14/h6-9,13,15,19H,10-12H2,1-5H3. The third kappa shape index (κ3) is 5.10. The fourth-order valence-corrected chi connectivity index (χ4v) is 2.60. The average Bonchev–Trinajstić information content (AvgIpc) is 2.45. The monoisotopic (exact) mass is 320 g/mol. The van der Waals surface area contributed by atoms with Crippen LogP contribution in [-0.2, 0) is 4.74 Å². The molecule has 1 saturated heterocycles. The highest BCUT2D eigenvalue weighted by Gasteiger charge is 2.32. The minimum atomic E-state index is -0.476. The summed E-state index contributed by atoms with van der Waals surface area (Å²) in [5, 5.41) is 3.51. The molecule has 128 valence electrons. The van der Waals surface area contributed by atoms with Gasteiger partial charge in [-0.1, -0.05) is 6.07 Å². The van der Waals surface area contributed by atoms with Crippen molar-refractivity contribution in [3.8, 4) is 0 Å². The number of carbonyl (C=O) groups excluding carboxylic acids is 1. The molecule has 1 aliphatic rings. The Morgan fingerprint density at radius 1 is 1.35 bits per heavy atom. The Bertz CT molecular complexity index is 513. The fraction of sp³-hybridized carbons (Fsp3) is 0.647. The van der Waals surface area contributed by atoms with E-state index < -0.39 is 5.60 Å². The summed E-state index contributed by atoms with van der Waals surface area (Å²) in [4.78, 5) is 20.7. The van der Waals surface area contributed by atoms with Crippen LogP contribution in [0.3, 0.4) is 0 Å². The van der Waals surface area contributed by atoms with Gasteiger partial charge in [-0.3, -0.25) is 5.32 Å². The van der Waals surface area contributed by atoms with Gasteiger partial charge in [-0.15, -0.1) is 0 Å². The molecule has 0 spiro atoms. The molecule has 6 nitrogen and oxygen atoms in total. The van der Waals surface area contributed by atoms with Crippen molar-refractivity contribution >= 4 is 11.9 Å². The Balaban J connectivity index is 2.10. The van der Waals surface area contributed by atoms with Crippen LogP contribution >= 0.6 is 0 Å². The van der Waals surface area contributed by atoms with E-state index in [4.69, 9.17) is 4.74 Å². The molecule has 1 amide bonds. The number of pyridine rings is 1. The number of carbonyl (C=O) groups is 1. The van der Waals surface area contributed by atoms with E-state index in [1.165, 1.54) is 0 Å². The number of ether oxygens (including phenoxy) is 1. The number of amides is 1. The Morgan fingerprint density at radius 2 is 2.09 bits per heavy atom. The van der Waals surface area contributed by atoms with Gasteiger partial charge in [0.05, 0.1) is 12.7 Å². The number of hydrogen-bond donors (Lipinski definition) is 1. The first-order chi connectivity index (χ1) is 10.8. The van der Waals surface area contributed by atoms with Crippen LogP contribution in [0, 0.1) is 0 Å². The van der Waals surface area contributed by atoms with Gasteiger partial charge in [0.15, 0.2) is 0 Å². The van der Waals surface area contributed by atoms with Crippen LogP contribution < -0.4 is 10.2 Å². The predicted molar refractivity (Wildman–Crippen MR) is 91.4 cm³/mol. The number of rotatable bonds is 3. The van der Waals surface area contributed by atoms with E-state index in [1.807, 2.05) is 39.0 Å². The third-order valence-electron chi connectivity index (χ3n) is 3.50. The summed E-state index contributed by atoms with van der Waals surface area (Å²) in [6.45, 7) is 11.8. The van der Waals surface area contributed by atoms with E-state index >= 15 is 0 Å². The molecule has 0 bridgehead atoms. The summed E-state index contributed by atoms with van der Waals surface area (Å²) in [7, 11) is 0. The molecule has 2 heterocycles. The number of piperazine rings is 1. The van der Waals surface area contributed by atoms with Crippen LogP contribution in [0.2, 0.25) is 0 Å². The van der Waals surface area contributed by atoms with E-state index in [1.54, 1.807) is 11.1 Å². The molecule has 6 heteroatoms. The molecule has 2 rings (SSSR count). The van der Waals surface area contributed by atoms with Crippen LogP contribution in [-0.4, -0.2) is 53.4 Å². The highest BCUT2D eigenvalue weighted by Crippen LogP contribution is 2.19. The second-order valence-corrected chi connectivity index (χ2v) is 7.14. The maximum Gasteiger partial charge on any atom is 0.410 e. The van der Waals surface area contributed by atoms with Gasteiger partial charge in [-0.2, -0.15) is 0 Å². The van der Waals surface area contributed by atoms with Crippen molar-refractivity contribution in [3.63, 3.8) is 0 Å². The number of nitrogens with one attached hydrogen (secondary N) is 1. The van der Waals surface area contributed by atoms with E-state index in [9.17, 15) is 4.79 Å². The molecule has 1 atom stereocenters. The summed E-state index contributed by atoms with van der Waals surface area (Å²) in [5.74, 6) is 0.925. The number of nitrogens with zero attached hydrogens (tertiary/aromatic N) is 3. The molecule has 1 unspecified atom stereocenters. The minimum absolute atomic E-state index is 0.0196. The van der Waals surface area contributed by atoms with Crippen molar-refractivity contribution in [2.45, 2.75) is 52.4 Å². The van der Waals surface area contributed by atoms with Crippen molar-refractivity contribution < 1.29 is 9.53 Å². The molecular weight excluding hydrogens is 292 g/mol. The lowest BCUT2D eigenvalue weighted by Gasteiger charge is -2.43. The minimum Gasteiger partial charge on any atom is -0.444 e. The van der Waals surface area contributed by atoms with Crippen LogP contribution in [0.25, 0.3) is 0 Å². The van der Waals surface area contributed by atoms with Gasteiger partial charge in [0.1, 0.15) is 11.4 Å². The summed E-state index contributed by atoms with van der Waals surface area (Å²) >= 11 is 0. The Hall–Kier alpha value is -1.82. The zero-order valence-corrected chi connectivity index (χ0v) is 14.7. The molecule has 23 heavy (non-hydrogen) atoms. The second-order valence-electron chi connectivity index (χ2n) is 7.14. The maximum atomic E-state index is 12.3. The lowest BCUT2D eigenvalue weighted by Crippen LogP contribution is -2.62. The van der Waals surface area contributed by atoms with E-state index in [-0.39, 0.29) is 12.3 Å². The van der Waals surface area contributed by atoms with Crippen molar-refractivity contribution in [2.75, 3.05) is 24.5 Å². The van der Waals surface area contributed by atoms with E-state index in [2.05, 4.69) is 29.0 Å². The summed E-state index contributed by atoms with van der Waals surface area (Å²) in [6, 6.07) is 6.20. The van der Waals surface area contributed by atoms with Gasteiger partial charge in [0, 0.05) is 25.3 Å². The van der Waals surface area contributed by atoms with Crippen LogP contribution in [0.5, 0.6) is 0 Å². The van der Waals surface area contributed by atoms with Crippen molar-refractivity contribution in [2.24, 2.45) is 0 Å². The van der Waals surface area contributed by atoms with E-state index in [0.29, 0.717) is 19.1 Å². The molecule has 0 aromatic carbocycles. The van der Waals surface area contributed by atoms with Gasteiger partial charge in [0.2, 0.25) is 0 Å². The molecule has 0 saturated carbocycles. The molecule has 1 N–H and O–H groups in total. The van der Waals surface area contributed by atoms with E-state index in [0.717, 1.165) is 12.4 Å². The van der Waals surface area contributed by atoms with Gasteiger partial charge in [-0.25, -0.2) is 9.78 Å². The number of aromatic nitrogens is 1. The lowest BCUT2D eigenvalue weighted by molar-refractivity contribution is 0.0201. The van der Waals surface area contributed by atoms with Crippen molar-refractivity contribution in [1.82, 2.24) is 15.2 Å². The zero-order valence-electron chi connectivity index (χ0n) is 14.7. The summed E-state index contributed by atoms with van der Waals surface area (Å²) in [6.07, 6.45) is 1.56. The average molecular weight is 320 g/mol. The Morgan fingerprint density at radius 3 is 2.65 bits per heavy atom. The lowest BCUT2D eigenvalue weighted by atomic mass is 10.2. The molecule has 1 aliphatic heterocycles. The zero-order chi connectivity index (χ0) is 17.0. The molecular formula is C17H28N4O2. The topological polar surface area (TPSA) is 57.7 Å². The first-order valence-corrected chi connectivity index (χ1v) is 8.18. The first-order valence-electron chi connectivity index (χ1n) is 8.18.